The number of rotatable bonds is 2. The zero-order chi connectivity index (χ0) is 9.97. The van der Waals surface area contributed by atoms with E-state index in [0.29, 0.717) is 0 Å². The van der Waals surface area contributed by atoms with Gasteiger partial charge in [-0.2, -0.15) is 5.10 Å². The molecule has 0 radical (unpaired) electrons. The van der Waals surface area contributed by atoms with Crippen LogP contribution in [0, 0.1) is 9.62 Å². The quantitative estimate of drug-likeness (QED) is 0.725. The Kier molecular flexibility index (Phi) is 3.87. The highest BCUT2D eigenvalue weighted by Gasteiger charge is 2.14. The van der Waals surface area contributed by atoms with Crippen LogP contribution in [0.5, 0.6) is 0 Å². The lowest BCUT2D eigenvalue weighted by Crippen LogP contribution is -2.14. The molecule has 0 spiro atoms. The Hall–Kier alpha value is 0.420. The Labute approximate surface area is 107 Å². The van der Waals surface area contributed by atoms with Gasteiger partial charge in [0.25, 0.3) is 0 Å². The summed E-state index contributed by atoms with van der Waals surface area (Å²) in [6, 6.07) is 0. The number of halogens is 2. The summed E-state index contributed by atoms with van der Waals surface area (Å²) in [7, 11) is 0. The molecule has 1 heterocycles. The van der Waals surface area contributed by atoms with Crippen molar-refractivity contribution >= 4 is 38.5 Å². The van der Waals surface area contributed by atoms with Crippen molar-refractivity contribution in [2.75, 3.05) is 0 Å². The van der Waals surface area contributed by atoms with Gasteiger partial charge in [0.2, 0.25) is 0 Å². The third kappa shape index (κ3) is 2.72. The van der Waals surface area contributed by atoms with Crippen LogP contribution >= 0.6 is 38.5 Å². The molecule has 1 aromatic heterocycles. The van der Waals surface area contributed by atoms with Crippen LogP contribution in [0.15, 0.2) is 10.7 Å². The minimum atomic E-state index is 0.853. The lowest BCUT2D eigenvalue weighted by molar-refractivity contribution is 0.307. The first-order valence-corrected chi connectivity index (χ1v) is 7.01. The molecular formula is C10H14BrIN2. The third-order valence-corrected chi connectivity index (χ3v) is 4.96. The van der Waals surface area contributed by atoms with Gasteiger partial charge < -0.3 is 0 Å². The summed E-state index contributed by atoms with van der Waals surface area (Å²) in [5, 5.41) is 4.46. The Morgan fingerprint density at radius 3 is 2.71 bits per heavy atom. The maximum atomic E-state index is 4.46. The van der Waals surface area contributed by atoms with Crippen LogP contribution in [-0.2, 0) is 6.54 Å². The fourth-order valence-electron chi connectivity index (χ4n) is 2.10. The van der Waals surface area contributed by atoms with E-state index in [4.69, 9.17) is 0 Å². The van der Waals surface area contributed by atoms with Crippen LogP contribution in [0.3, 0.4) is 0 Å². The number of nitrogens with zero attached hydrogens (tertiary/aromatic N) is 2. The largest absolute Gasteiger partial charge is 0.270 e. The van der Waals surface area contributed by atoms with Gasteiger partial charge in [0.05, 0.1) is 4.47 Å². The zero-order valence-electron chi connectivity index (χ0n) is 8.05. The smallest absolute Gasteiger partial charge is 0.137 e. The maximum absolute atomic E-state index is 4.46. The van der Waals surface area contributed by atoms with E-state index in [1.165, 1.54) is 32.1 Å². The molecule has 0 saturated heterocycles. The first-order valence-electron chi connectivity index (χ1n) is 5.14. The van der Waals surface area contributed by atoms with E-state index < -0.39 is 0 Å². The summed E-state index contributed by atoms with van der Waals surface area (Å²) in [6.45, 7) is 1.10. The predicted molar refractivity (Wildman–Crippen MR) is 69.2 cm³/mol. The number of hydrogen-bond acceptors (Lipinski definition) is 1. The summed E-state index contributed by atoms with van der Waals surface area (Å²) in [6.07, 6.45) is 9.10. The van der Waals surface area contributed by atoms with Crippen molar-refractivity contribution in [2.45, 2.75) is 38.6 Å². The predicted octanol–water partition coefficient (Wildman–Crippen LogP) is 3.83. The van der Waals surface area contributed by atoms with Gasteiger partial charge in [-0.1, -0.05) is 19.3 Å². The molecule has 2 rings (SSSR count). The van der Waals surface area contributed by atoms with Gasteiger partial charge >= 0.3 is 0 Å². The molecular weight excluding hydrogens is 355 g/mol. The zero-order valence-corrected chi connectivity index (χ0v) is 11.8. The summed E-state index contributed by atoms with van der Waals surface area (Å²) in [5.41, 5.74) is 0. The Bertz CT molecular complexity index is 286. The van der Waals surface area contributed by atoms with Crippen LogP contribution in [0.25, 0.3) is 0 Å². The highest BCUT2D eigenvalue weighted by Crippen LogP contribution is 2.25. The first kappa shape index (κ1) is 10.9. The highest BCUT2D eigenvalue weighted by molar-refractivity contribution is 14.1. The first-order chi connectivity index (χ1) is 6.75. The second-order valence-electron chi connectivity index (χ2n) is 3.99. The Balaban J connectivity index is 1.95. The van der Waals surface area contributed by atoms with Gasteiger partial charge in [0.1, 0.15) is 3.70 Å². The normalized spacial score (nSPS) is 18.7. The average Bonchev–Trinajstić information content (AvgIpc) is 2.47. The SMILES string of the molecule is Brc1cn(CC2CCCCC2)nc1I. The van der Waals surface area contributed by atoms with Crippen molar-refractivity contribution in [3.05, 3.63) is 14.4 Å². The van der Waals surface area contributed by atoms with Crippen LogP contribution in [0.2, 0.25) is 0 Å². The molecule has 2 nitrogen and oxygen atoms in total. The van der Waals surface area contributed by atoms with Crippen LogP contribution in [0.4, 0.5) is 0 Å². The summed E-state index contributed by atoms with van der Waals surface area (Å²) in [5.74, 6) is 0.853. The Morgan fingerprint density at radius 1 is 1.43 bits per heavy atom. The molecule has 0 unspecified atom stereocenters. The molecule has 78 valence electrons. The molecule has 1 saturated carbocycles. The minimum Gasteiger partial charge on any atom is -0.270 e. The van der Waals surface area contributed by atoms with Crippen LogP contribution < -0.4 is 0 Å². The van der Waals surface area contributed by atoms with Crippen molar-refractivity contribution in [3.8, 4) is 0 Å². The van der Waals surface area contributed by atoms with E-state index in [9.17, 15) is 0 Å². The molecule has 0 aromatic carbocycles. The van der Waals surface area contributed by atoms with E-state index in [2.05, 4.69) is 54.5 Å². The fourth-order valence-corrected chi connectivity index (χ4v) is 2.83. The maximum Gasteiger partial charge on any atom is 0.137 e. The van der Waals surface area contributed by atoms with Crippen molar-refractivity contribution in [1.29, 1.82) is 0 Å². The molecule has 0 N–H and O–H groups in total. The molecule has 1 fully saturated rings. The number of hydrogen-bond donors (Lipinski definition) is 0. The van der Waals surface area contributed by atoms with E-state index in [1.807, 2.05) is 0 Å². The molecule has 4 heteroatoms. The van der Waals surface area contributed by atoms with Gasteiger partial charge in [-0.15, -0.1) is 0 Å². The summed E-state index contributed by atoms with van der Waals surface area (Å²) >= 11 is 5.75. The average molecular weight is 369 g/mol. The van der Waals surface area contributed by atoms with Crippen LogP contribution in [0.1, 0.15) is 32.1 Å². The molecule has 1 aliphatic rings. The second-order valence-corrected chi connectivity index (χ2v) is 5.87. The lowest BCUT2D eigenvalue weighted by Gasteiger charge is -2.21. The molecule has 14 heavy (non-hydrogen) atoms. The van der Waals surface area contributed by atoms with E-state index in [1.54, 1.807) is 0 Å². The second kappa shape index (κ2) is 4.96. The van der Waals surface area contributed by atoms with E-state index >= 15 is 0 Å². The van der Waals surface area contributed by atoms with Crippen molar-refractivity contribution in [3.63, 3.8) is 0 Å². The molecule has 0 atom stereocenters. The standard InChI is InChI=1S/C10H14BrIN2/c11-9-7-14(13-10(9)12)6-8-4-2-1-3-5-8/h7-8H,1-6H2. The summed E-state index contributed by atoms with van der Waals surface area (Å²) < 4.78 is 4.27. The van der Waals surface area contributed by atoms with Gasteiger partial charge in [0, 0.05) is 12.7 Å². The van der Waals surface area contributed by atoms with Gasteiger partial charge in [-0.25, -0.2) is 0 Å². The molecule has 0 aliphatic heterocycles. The van der Waals surface area contributed by atoms with Crippen molar-refractivity contribution in [1.82, 2.24) is 9.78 Å². The van der Waals surface area contributed by atoms with Gasteiger partial charge in [0.15, 0.2) is 0 Å². The third-order valence-electron chi connectivity index (χ3n) is 2.85. The van der Waals surface area contributed by atoms with Crippen molar-refractivity contribution < 1.29 is 0 Å². The highest BCUT2D eigenvalue weighted by atomic mass is 127. The van der Waals surface area contributed by atoms with Crippen molar-refractivity contribution in [2.24, 2.45) is 5.92 Å². The monoisotopic (exact) mass is 368 g/mol. The fraction of sp³-hybridized carbons (Fsp3) is 0.700. The van der Waals surface area contributed by atoms with Crippen LogP contribution in [-0.4, -0.2) is 9.78 Å². The van der Waals surface area contributed by atoms with Gasteiger partial charge in [-0.05, 0) is 57.3 Å². The van der Waals surface area contributed by atoms with Gasteiger partial charge in [-0.3, -0.25) is 4.68 Å². The minimum absolute atomic E-state index is 0.853. The Morgan fingerprint density at radius 2 is 2.14 bits per heavy atom. The number of aromatic nitrogens is 2. The molecule has 1 aliphatic carbocycles. The molecule has 0 amide bonds. The molecule has 1 aromatic rings. The topological polar surface area (TPSA) is 17.8 Å². The van der Waals surface area contributed by atoms with E-state index in [-0.39, 0.29) is 0 Å². The summed E-state index contributed by atoms with van der Waals surface area (Å²) in [4.78, 5) is 0. The van der Waals surface area contributed by atoms with E-state index in [0.717, 1.165) is 20.6 Å². The molecule has 0 bridgehead atoms. The lowest BCUT2D eigenvalue weighted by atomic mass is 9.89.